The van der Waals surface area contributed by atoms with E-state index < -0.39 is 5.82 Å². The molecule has 0 amide bonds. The van der Waals surface area contributed by atoms with Crippen molar-refractivity contribution in [3.05, 3.63) is 42.4 Å². The van der Waals surface area contributed by atoms with E-state index >= 15 is 0 Å². The maximum Gasteiger partial charge on any atom is 0.158 e. The fourth-order valence-electron chi connectivity index (χ4n) is 2.57. The maximum atomic E-state index is 14.2. The van der Waals surface area contributed by atoms with Crippen LogP contribution >= 0.6 is 0 Å². The first-order valence-electron chi connectivity index (χ1n) is 7.91. The Balaban J connectivity index is 2.32. The van der Waals surface area contributed by atoms with Crippen molar-refractivity contribution in [3.63, 3.8) is 0 Å². The lowest BCUT2D eigenvalue weighted by atomic mass is 9.95. The minimum atomic E-state index is -0.397. The Morgan fingerprint density at radius 2 is 2.17 bits per heavy atom. The van der Waals surface area contributed by atoms with Crippen molar-refractivity contribution >= 4 is 11.9 Å². The van der Waals surface area contributed by atoms with Gasteiger partial charge >= 0.3 is 0 Å². The first-order chi connectivity index (χ1) is 11.1. The minimum absolute atomic E-state index is 0.0168. The molecule has 0 radical (unpaired) electrons. The molecule has 0 bridgehead atoms. The molecule has 2 aromatic rings. The van der Waals surface area contributed by atoms with E-state index in [2.05, 4.69) is 16.9 Å². The second-order valence-electron chi connectivity index (χ2n) is 5.61. The molecule has 0 fully saturated rings. The molecule has 0 aliphatic carbocycles. The number of hydrogen-bond acceptors (Lipinski definition) is 3. The molecule has 5 heteroatoms. The topological polar surface area (TPSA) is 47.8 Å². The molecule has 1 unspecified atom stereocenters. The van der Waals surface area contributed by atoms with Gasteiger partial charge in [0.2, 0.25) is 0 Å². The molecule has 0 spiro atoms. The van der Waals surface area contributed by atoms with Crippen molar-refractivity contribution in [2.75, 3.05) is 0 Å². The number of rotatable bonds is 7. The van der Waals surface area contributed by atoms with Crippen molar-refractivity contribution in [1.82, 2.24) is 14.5 Å². The van der Waals surface area contributed by atoms with Gasteiger partial charge in [-0.25, -0.2) is 9.37 Å². The second kappa shape index (κ2) is 7.81. The highest BCUT2D eigenvalue weighted by Gasteiger charge is 2.15. The molecule has 0 saturated carbocycles. The first-order valence-corrected chi connectivity index (χ1v) is 7.91. The Morgan fingerprint density at radius 1 is 1.39 bits per heavy atom. The highest BCUT2D eigenvalue weighted by Crippen LogP contribution is 2.25. The summed E-state index contributed by atoms with van der Waals surface area (Å²) in [7, 11) is 1.82. The number of ketones is 1. The molecule has 4 nitrogen and oxygen atoms in total. The summed E-state index contributed by atoms with van der Waals surface area (Å²) in [4.78, 5) is 20.6. The number of allylic oxidation sites excluding steroid dienone is 1. The van der Waals surface area contributed by atoms with Gasteiger partial charge in [-0.05, 0) is 31.1 Å². The van der Waals surface area contributed by atoms with Crippen LogP contribution in [-0.4, -0.2) is 20.3 Å². The van der Waals surface area contributed by atoms with Crippen LogP contribution in [0.1, 0.15) is 38.8 Å². The highest BCUT2D eigenvalue weighted by atomic mass is 19.1. The van der Waals surface area contributed by atoms with Crippen LogP contribution in [0.2, 0.25) is 0 Å². The Bertz CT molecular complexity index is 706. The van der Waals surface area contributed by atoms with Crippen molar-refractivity contribution in [3.8, 4) is 11.3 Å². The van der Waals surface area contributed by atoms with Crippen molar-refractivity contribution in [2.24, 2.45) is 13.0 Å². The van der Waals surface area contributed by atoms with Gasteiger partial charge in [-0.3, -0.25) is 9.78 Å². The molecule has 0 aromatic carbocycles. The lowest BCUT2D eigenvalue weighted by Gasteiger charge is -2.09. The molecule has 0 N–H and O–H groups in total. The first kappa shape index (κ1) is 17.1. The molecule has 23 heavy (non-hydrogen) atoms. The summed E-state index contributed by atoms with van der Waals surface area (Å²) in [5.74, 6) is -0.318. The van der Waals surface area contributed by atoms with Crippen molar-refractivity contribution in [2.45, 2.75) is 33.1 Å². The number of pyridine rings is 1. The predicted molar refractivity (Wildman–Crippen MR) is 89.1 cm³/mol. The molecule has 0 aliphatic heterocycles. The zero-order valence-electron chi connectivity index (χ0n) is 13.8. The molecule has 2 heterocycles. The van der Waals surface area contributed by atoms with E-state index in [-0.39, 0.29) is 11.7 Å². The van der Waals surface area contributed by atoms with E-state index in [0.717, 1.165) is 19.3 Å². The summed E-state index contributed by atoms with van der Waals surface area (Å²) in [5, 5.41) is 0. The van der Waals surface area contributed by atoms with Gasteiger partial charge in [0.25, 0.3) is 0 Å². The lowest BCUT2D eigenvalue weighted by Crippen LogP contribution is -2.10. The fourth-order valence-corrected chi connectivity index (χ4v) is 2.57. The third-order valence-electron chi connectivity index (χ3n) is 3.83. The van der Waals surface area contributed by atoms with Crippen molar-refractivity contribution in [1.29, 1.82) is 0 Å². The SMILES string of the molecule is CCCC(CC)C(=O)/C=C/c1nccc(F)c1-c1cn(C)cn1. The number of imidazole rings is 1. The number of aromatic nitrogens is 3. The van der Waals surface area contributed by atoms with Gasteiger partial charge in [-0.2, -0.15) is 0 Å². The van der Waals surface area contributed by atoms with E-state index in [1.165, 1.54) is 18.3 Å². The smallest absolute Gasteiger partial charge is 0.158 e. The molecule has 2 aromatic heterocycles. The molecule has 2 rings (SSSR count). The largest absolute Gasteiger partial charge is 0.340 e. The van der Waals surface area contributed by atoms with Crippen LogP contribution in [-0.2, 0) is 11.8 Å². The van der Waals surface area contributed by atoms with Gasteiger partial charge in [0.15, 0.2) is 5.78 Å². The summed E-state index contributed by atoms with van der Waals surface area (Å²) in [5.41, 5.74) is 1.25. The Labute approximate surface area is 136 Å². The van der Waals surface area contributed by atoms with Gasteiger partial charge in [-0.15, -0.1) is 0 Å². The third kappa shape index (κ3) is 4.12. The molecule has 0 aliphatic rings. The monoisotopic (exact) mass is 315 g/mol. The molecule has 1 atom stereocenters. The summed E-state index contributed by atoms with van der Waals surface area (Å²) in [6.07, 6.45) is 10.5. The van der Waals surface area contributed by atoms with E-state index in [9.17, 15) is 9.18 Å². The van der Waals surface area contributed by atoms with Crippen LogP contribution < -0.4 is 0 Å². The van der Waals surface area contributed by atoms with Crippen LogP contribution in [0, 0.1) is 11.7 Å². The zero-order valence-corrected chi connectivity index (χ0v) is 13.8. The van der Waals surface area contributed by atoms with Crippen LogP contribution in [0.3, 0.4) is 0 Å². The van der Waals surface area contributed by atoms with E-state index in [1.54, 1.807) is 23.2 Å². The summed E-state index contributed by atoms with van der Waals surface area (Å²) in [6.45, 7) is 4.07. The van der Waals surface area contributed by atoms with Gasteiger partial charge < -0.3 is 4.57 Å². The maximum absolute atomic E-state index is 14.2. The zero-order chi connectivity index (χ0) is 16.8. The second-order valence-corrected chi connectivity index (χ2v) is 5.61. The van der Waals surface area contributed by atoms with Gasteiger partial charge in [0.1, 0.15) is 5.82 Å². The van der Waals surface area contributed by atoms with Gasteiger partial charge in [-0.1, -0.05) is 20.3 Å². The standard InChI is InChI=1S/C18H22FN3O/c1-4-6-13(5-2)17(23)8-7-15-18(14(19)9-10-20-15)16-11-22(3)12-21-16/h7-13H,4-6H2,1-3H3/b8-7+. The Hall–Kier alpha value is -2.30. The Kier molecular flexibility index (Phi) is 5.79. The van der Waals surface area contributed by atoms with Crippen molar-refractivity contribution < 1.29 is 9.18 Å². The summed E-state index contributed by atoms with van der Waals surface area (Å²) >= 11 is 0. The van der Waals surface area contributed by atoms with Gasteiger partial charge in [0.05, 0.1) is 23.3 Å². The van der Waals surface area contributed by atoms with E-state index in [1.807, 2.05) is 14.0 Å². The number of nitrogens with zero attached hydrogens (tertiary/aromatic N) is 3. The van der Waals surface area contributed by atoms with Crippen LogP contribution in [0.5, 0.6) is 0 Å². The highest BCUT2D eigenvalue weighted by molar-refractivity contribution is 5.95. The number of aryl methyl sites for hydroxylation is 1. The Morgan fingerprint density at radius 3 is 2.78 bits per heavy atom. The van der Waals surface area contributed by atoms with Gasteiger partial charge in [0, 0.05) is 25.4 Å². The summed E-state index contributed by atoms with van der Waals surface area (Å²) < 4.78 is 16.0. The molecule has 0 saturated heterocycles. The lowest BCUT2D eigenvalue weighted by molar-refractivity contribution is -0.118. The van der Waals surface area contributed by atoms with Crippen LogP contribution in [0.4, 0.5) is 4.39 Å². The number of carbonyl (C=O) groups excluding carboxylic acids is 1. The number of carbonyl (C=O) groups is 1. The quantitative estimate of drug-likeness (QED) is 0.725. The van der Waals surface area contributed by atoms with Crippen LogP contribution in [0.25, 0.3) is 17.3 Å². The number of hydrogen-bond donors (Lipinski definition) is 0. The average Bonchev–Trinajstić information content (AvgIpc) is 2.96. The predicted octanol–water partition coefficient (Wildman–Crippen LogP) is 4.03. The minimum Gasteiger partial charge on any atom is -0.340 e. The third-order valence-corrected chi connectivity index (χ3v) is 3.83. The van der Waals surface area contributed by atoms with E-state index in [4.69, 9.17) is 0 Å². The fraction of sp³-hybridized carbons (Fsp3) is 0.389. The average molecular weight is 315 g/mol. The van der Waals surface area contributed by atoms with E-state index in [0.29, 0.717) is 17.0 Å². The van der Waals surface area contributed by atoms with Crippen LogP contribution in [0.15, 0.2) is 30.9 Å². The summed E-state index contributed by atoms with van der Waals surface area (Å²) in [6, 6.07) is 1.30. The number of halogens is 1. The normalized spacial score (nSPS) is 12.7. The molecule has 122 valence electrons. The molecular formula is C18H22FN3O. The molecular weight excluding hydrogens is 293 g/mol.